The molecule has 5 heteroatoms. The lowest BCUT2D eigenvalue weighted by Gasteiger charge is -2.35. The quantitative estimate of drug-likeness (QED) is 0.684. The van der Waals surface area contributed by atoms with Gasteiger partial charge in [0, 0.05) is 29.2 Å². The summed E-state index contributed by atoms with van der Waals surface area (Å²) in [4.78, 5) is 4.03. The van der Waals surface area contributed by atoms with Crippen LogP contribution in [0.3, 0.4) is 0 Å². The zero-order valence-corrected chi connectivity index (χ0v) is 12.6. The van der Waals surface area contributed by atoms with E-state index in [2.05, 4.69) is 29.4 Å². The number of thiocarbonyl (C=S) groups is 1. The highest BCUT2D eigenvalue weighted by molar-refractivity contribution is 7.98. The summed E-state index contributed by atoms with van der Waals surface area (Å²) in [6.07, 6.45) is 5.15. The number of rotatable bonds is 3. The Morgan fingerprint density at radius 2 is 2.05 bits per heavy atom. The fraction of sp³-hybridized carbons (Fsp3) is 0.500. The van der Waals surface area contributed by atoms with Gasteiger partial charge >= 0.3 is 0 Å². The van der Waals surface area contributed by atoms with Crippen molar-refractivity contribution in [1.29, 1.82) is 0 Å². The Morgan fingerprint density at radius 1 is 1.37 bits per heavy atom. The number of ether oxygens (including phenoxy) is 1. The van der Waals surface area contributed by atoms with E-state index in [1.807, 2.05) is 0 Å². The van der Waals surface area contributed by atoms with E-state index in [9.17, 15) is 0 Å². The molecular weight excluding hydrogens is 276 g/mol. The van der Waals surface area contributed by atoms with Crippen LogP contribution in [0.2, 0.25) is 0 Å². The predicted molar refractivity (Wildman–Crippen MR) is 84.2 cm³/mol. The van der Waals surface area contributed by atoms with Crippen LogP contribution >= 0.6 is 24.0 Å². The molecule has 2 unspecified atom stereocenters. The highest BCUT2D eigenvalue weighted by Crippen LogP contribution is 2.34. The van der Waals surface area contributed by atoms with E-state index < -0.39 is 0 Å². The van der Waals surface area contributed by atoms with Crippen molar-refractivity contribution in [2.75, 3.05) is 24.2 Å². The van der Waals surface area contributed by atoms with Gasteiger partial charge in [0.2, 0.25) is 0 Å². The zero-order valence-electron chi connectivity index (χ0n) is 11.0. The van der Waals surface area contributed by atoms with E-state index in [4.69, 9.17) is 22.7 Å². The molecule has 3 rings (SSSR count). The molecule has 1 aromatic rings. The Labute approximate surface area is 123 Å². The fourth-order valence-corrected chi connectivity index (χ4v) is 3.92. The third-order valence-corrected chi connectivity index (χ3v) is 4.84. The highest BCUT2D eigenvalue weighted by Gasteiger charge is 2.34. The highest BCUT2D eigenvalue weighted by atomic mass is 32.2. The minimum atomic E-state index is 0.371. The van der Waals surface area contributed by atoms with Crippen LogP contribution in [-0.2, 0) is 4.74 Å². The van der Waals surface area contributed by atoms with Gasteiger partial charge in [-0.3, -0.25) is 0 Å². The molecule has 2 N–H and O–H groups in total. The summed E-state index contributed by atoms with van der Waals surface area (Å²) in [7, 11) is 0. The average molecular weight is 294 g/mol. The minimum Gasteiger partial charge on any atom is -0.389 e. The van der Waals surface area contributed by atoms with E-state index in [-0.39, 0.29) is 0 Å². The maximum absolute atomic E-state index is 5.94. The molecule has 19 heavy (non-hydrogen) atoms. The van der Waals surface area contributed by atoms with E-state index in [1.165, 1.54) is 18.5 Å². The van der Waals surface area contributed by atoms with E-state index in [0.717, 1.165) is 23.5 Å². The maximum atomic E-state index is 5.94. The lowest BCUT2D eigenvalue weighted by molar-refractivity contribution is 0.0305. The van der Waals surface area contributed by atoms with Gasteiger partial charge in [-0.25, -0.2) is 0 Å². The standard InChI is InChI=1S/C14H18N2OS2/c1-19-12-4-2-3-11(13(12)14(15)18)16-7-9-5-6-10(8-16)17-9/h2-4,9-10H,5-8H2,1H3,(H2,15,18). The third-order valence-electron chi connectivity index (χ3n) is 3.85. The van der Waals surface area contributed by atoms with E-state index in [1.54, 1.807) is 11.8 Å². The Kier molecular flexibility index (Phi) is 3.69. The molecular formula is C14H18N2OS2. The Balaban J connectivity index is 1.98. The predicted octanol–water partition coefficient (Wildman–Crippen LogP) is 2.41. The second-order valence-electron chi connectivity index (χ2n) is 5.08. The van der Waals surface area contributed by atoms with Gasteiger partial charge in [0.1, 0.15) is 4.99 Å². The van der Waals surface area contributed by atoms with Crippen molar-refractivity contribution in [3.8, 4) is 0 Å². The number of benzene rings is 1. The first-order chi connectivity index (χ1) is 9.19. The summed E-state index contributed by atoms with van der Waals surface area (Å²) in [6.45, 7) is 1.90. The zero-order chi connectivity index (χ0) is 13.4. The van der Waals surface area contributed by atoms with E-state index >= 15 is 0 Å². The van der Waals surface area contributed by atoms with Gasteiger partial charge in [-0.2, -0.15) is 0 Å². The third kappa shape index (κ3) is 2.47. The van der Waals surface area contributed by atoms with Crippen molar-refractivity contribution in [2.24, 2.45) is 5.73 Å². The van der Waals surface area contributed by atoms with Gasteiger partial charge in [-0.1, -0.05) is 18.3 Å². The Morgan fingerprint density at radius 3 is 2.63 bits per heavy atom. The number of hydrogen-bond donors (Lipinski definition) is 1. The van der Waals surface area contributed by atoms with Crippen molar-refractivity contribution < 1.29 is 4.74 Å². The van der Waals surface area contributed by atoms with Crippen molar-refractivity contribution in [3.05, 3.63) is 23.8 Å². The van der Waals surface area contributed by atoms with Gasteiger partial charge in [0.15, 0.2) is 0 Å². The second kappa shape index (κ2) is 5.31. The molecule has 0 radical (unpaired) electrons. The van der Waals surface area contributed by atoms with E-state index in [0.29, 0.717) is 17.2 Å². The molecule has 2 heterocycles. The van der Waals surface area contributed by atoms with Crippen LogP contribution in [0.4, 0.5) is 5.69 Å². The van der Waals surface area contributed by atoms with Gasteiger partial charge in [0.05, 0.1) is 12.2 Å². The van der Waals surface area contributed by atoms with Crippen LogP contribution in [0.25, 0.3) is 0 Å². The fourth-order valence-electron chi connectivity index (χ4n) is 3.01. The average Bonchev–Trinajstić information content (AvgIpc) is 2.76. The van der Waals surface area contributed by atoms with Crippen molar-refractivity contribution in [3.63, 3.8) is 0 Å². The summed E-state index contributed by atoms with van der Waals surface area (Å²) < 4.78 is 5.89. The summed E-state index contributed by atoms with van der Waals surface area (Å²) in [5, 5.41) is 0. The summed E-state index contributed by atoms with van der Waals surface area (Å²) in [6, 6.07) is 6.29. The second-order valence-corrected chi connectivity index (χ2v) is 6.37. The first-order valence-electron chi connectivity index (χ1n) is 6.56. The SMILES string of the molecule is CSc1cccc(N2CC3CCC(C2)O3)c1C(N)=S. The molecule has 0 saturated carbocycles. The van der Waals surface area contributed by atoms with Gasteiger partial charge in [-0.05, 0) is 31.2 Å². The lowest BCUT2D eigenvalue weighted by atomic mass is 10.1. The minimum absolute atomic E-state index is 0.371. The number of anilines is 1. The molecule has 1 aromatic carbocycles. The molecule has 2 aliphatic rings. The molecule has 2 fully saturated rings. The molecule has 0 amide bonds. The van der Waals surface area contributed by atoms with Crippen molar-refractivity contribution in [2.45, 2.75) is 29.9 Å². The molecule has 2 atom stereocenters. The monoisotopic (exact) mass is 294 g/mol. The van der Waals surface area contributed by atoms with Crippen LogP contribution in [-0.4, -0.2) is 36.5 Å². The Hall–Kier alpha value is -0.780. The first kappa shape index (κ1) is 13.2. The number of fused-ring (bicyclic) bond motifs is 2. The normalized spacial score (nSPS) is 25.6. The van der Waals surface area contributed by atoms with Crippen LogP contribution in [0, 0.1) is 0 Å². The molecule has 0 spiro atoms. The van der Waals surface area contributed by atoms with Crippen LogP contribution < -0.4 is 10.6 Å². The molecule has 2 aliphatic heterocycles. The molecule has 0 aliphatic carbocycles. The summed E-state index contributed by atoms with van der Waals surface area (Å²) in [5.74, 6) is 0. The lowest BCUT2D eigenvalue weighted by Crippen LogP contribution is -2.43. The molecule has 2 bridgehead atoms. The smallest absolute Gasteiger partial charge is 0.107 e. The molecule has 3 nitrogen and oxygen atoms in total. The van der Waals surface area contributed by atoms with Crippen LogP contribution in [0.1, 0.15) is 18.4 Å². The summed E-state index contributed by atoms with van der Waals surface area (Å²) >= 11 is 6.95. The van der Waals surface area contributed by atoms with Gasteiger partial charge < -0.3 is 15.4 Å². The van der Waals surface area contributed by atoms with Crippen LogP contribution in [0.15, 0.2) is 23.1 Å². The summed E-state index contributed by atoms with van der Waals surface area (Å²) in [5.41, 5.74) is 8.13. The van der Waals surface area contributed by atoms with Crippen LogP contribution in [0.5, 0.6) is 0 Å². The first-order valence-corrected chi connectivity index (χ1v) is 8.19. The molecule has 0 aromatic heterocycles. The largest absolute Gasteiger partial charge is 0.389 e. The van der Waals surface area contributed by atoms with Crippen molar-refractivity contribution in [1.82, 2.24) is 0 Å². The topological polar surface area (TPSA) is 38.5 Å². The number of nitrogens with two attached hydrogens (primary N) is 1. The number of morpholine rings is 1. The van der Waals surface area contributed by atoms with Gasteiger partial charge in [0.25, 0.3) is 0 Å². The molecule has 102 valence electrons. The number of thioether (sulfide) groups is 1. The number of nitrogens with zero attached hydrogens (tertiary/aromatic N) is 1. The Bertz CT molecular complexity index is 494. The maximum Gasteiger partial charge on any atom is 0.107 e. The van der Waals surface area contributed by atoms with Crippen molar-refractivity contribution >= 4 is 34.7 Å². The number of hydrogen-bond acceptors (Lipinski definition) is 4. The van der Waals surface area contributed by atoms with Gasteiger partial charge in [-0.15, -0.1) is 11.8 Å². The molecule has 2 saturated heterocycles.